The van der Waals surface area contributed by atoms with Crippen LogP contribution < -0.4 is 10.6 Å². The minimum Gasteiger partial charge on any atom is -0.444 e. The zero-order chi connectivity index (χ0) is 14.2. The third kappa shape index (κ3) is 2.94. The van der Waals surface area contributed by atoms with Crippen LogP contribution >= 0.6 is 0 Å². The highest BCUT2D eigenvalue weighted by atomic mass is 16.6. The van der Waals surface area contributed by atoms with Crippen LogP contribution in [-0.2, 0) is 14.3 Å². The van der Waals surface area contributed by atoms with Crippen LogP contribution in [0.3, 0.4) is 0 Å². The van der Waals surface area contributed by atoms with Gasteiger partial charge in [0.05, 0.1) is 17.9 Å². The molecule has 1 aliphatic carbocycles. The summed E-state index contributed by atoms with van der Waals surface area (Å²) in [5.41, 5.74) is -0.602. The summed E-state index contributed by atoms with van der Waals surface area (Å²) in [5.74, 6) is -1.53. The van der Waals surface area contributed by atoms with Crippen molar-refractivity contribution in [2.24, 2.45) is 11.8 Å². The van der Waals surface area contributed by atoms with E-state index in [1.807, 2.05) is 0 Å². The van der Waals surface area contributed by atoms with Gasteiger partial charge in [0.25, 0.3) is 0 Å². The lowest BCUT2D eigenvalue weighted by molar-refractivity contribution is -0.126. The fourth-order valence-corrected chi connectivity index (χ4v) is 2.38. The summed E-state index contributed by atoms with van der Waals surface area (Å²) in [4.78, 5) is 35.0. The van der Waals surface area contributed by atoms with E-state index in [9.17, 15) is 14.4 Å². The van der Waals surface area contributed by atoms with E-state index in [4.69, 9.17) is 4.74 Å². The van der Waals surface area contributed by atoms with Crippen molar-refractivity contribution in [2.45, 2.75) is 38.8 Å². The van der Waals surface area contributed by atoms with Gasteiger partial charge in [0.15, 0.2) is 0 Å². The monoisotopic (exact) mass is 266 g/mol. The molecule has 6 nitrogen and oxygen atoms in total. The van der Waals surface area contributed by atoms with Gasteiger partial charge in [-0.2, -0.15) is 0 Å². The lowest BCUT2D eigenvalue weighted by atomic mass is 9.81. The maximum absolute atomic E-state index is 11.7. The molecule has 0 aromatic heterocycles. The van der Waals surface area contributed by atoms with Crippen LogP contribution in [0.4, 0.5) is 4.79 Å². The fraction of sp³-hybridized carbons (Fsp3) is 0.615. The number of alkyl carbamates (subject to hydrolysis) is 1. The molecule has 2 N–H and O–H groups in total. The number of fused-ring (bicyclic) bond motifs is 1. The second kappa shape index (κ2) is 4.68. The SMILES string of the molecule is CC(C)(C)OC(=O)NC1C=CCC2C(=O)NC(=O)C12. The second-order valence-electron chi connectivity index (χ2n) is 5.82. The normalized spacial score (nSPS) is 29.7. The standard InChI is InChI=1S/C13H18N2O4/c1-13(2,3)19-12(18)14-8-6-4-5-7-9(8)11(17)15-10(7)16/h4,6-9H,5H2,1-3H3,(H,14,18)(H,15,16,17). The molecule has 6 heteroatoms. The first-order chi connectivity index (χ1) is 8.78. The first kappa shape index (κ1) is 13.6. The van der Waals surface area contributed by atoms with Crippen molar-refractivity contribution >= 4 is 17.9 Å². The fourth-order valence-electron chi connectivity index (χ4n) is 2.38. The van der Waals surface area contributed by atoms with Crippen molar-refractivity contribution in [1.82, 2.24) is 10.6 Å². The Morgan fingerprint density at radius 1 is 1.37 bits per heavy atom. The van der Waals surface area contributed by atoms with E-state index in [-0.39, 0.29) is 11.8 Å². The highest BCUT2D eigenvalue weighted by Gasteiger charge is 2.46. The van der Waals surface area contributed by atoms with Gasteiger partial charge >= 0.3 is 6.09 Å². The molecule has 1 heterocycles. The minimum atomic E-state index is -0.602. The average molecular weight is 266 g/mol. The Balaban J connectivity index is 2.06. The number of imide groups is 1. The number of carbonyl (C=O) groups excluding carboxylic acids is 3. The molecular weight excluding hydrogens is 248 g/mol. The topological polar surface area (TPSA) is 84.5 Å². The van der Waals surface area contributed by atoms with Crippen molar-refractivity contribution < 1.29 is 19.1 Å². The largest absolute Gasteiger partial charge is 0.444 e. The molecule has 104 valence electrons. The molecular formula is C13H18N2O4. The molecule has 3 unspecified atom stereocenters. The molecule has 0 radical (unpaired) electrons. The Morgan fingerprint density at radius 3 is 2.68 bits per heavy atom. The van der Waals surface area contributed by atoms with Crippen LogP contribution in [0.1, 0.15) is 27.2 Å². The minimum absolute atomic E-state index is 0.268. The van der Waals surface area contributed by atoms with E-state index >= 15 is 0 Å². The van der Waals surface area contributed by atoms with Crippen molar-refractivity contribution in [3.8, 4) is 0 Å². The summed E-state index contributed by atoms with van der Waals surface area (Å²) in [6, 6.07) is -0.500. The number of ether oxygens (including phenoxy) is 1. The highest BCUT2D eigenvalue weighted by Crippen LogP contribution is 2.30. The molecule has 19 heavy (non-hydrogen) atoms. The van der Waals surface area contributed by atoms with E-state index in [2.05, 4.69) is 10.6 Å². The Hall–Kier alpha value is -1.85. The Bertz CT molecular complexity index is 450. The van der Waals surface area contributed by atoms with Gasteiger partial charge in [0.2, 0.25) is 11.8 Å². The smallest absolute Gasteiger partial charge is 0.408 e. The van der Waals surface area contributed by atoms with Gasteiger partial charge < -0.3 is 10.1 Å². The van der Waals surface area contributed by atoms with E-state index < -0.39 is 29.6 Å². The predicted octanol–water partition coefficient (Wildman–Crippen LogP) is 0.728. The summed E-state index contributed by atoms with van der Waals surface area (Å²) in [6.45, 7) is 5.29. The van der Waals surface area contributed by atoms with Crippen LogP contribution in [0.2, 0.25) is 0 Å². The molecule has 0 aromatic rings. The van der Waals surface area contributed by atoms with Crippen LogP contribution in [0.5, 0.6) is 0 Å². The molecule has 3 amide bonds. The van der Waals surface area contributed by atoms with Crippen LogP contribution in [0.15, 0.2) is 12.2 Å². The number of hydrogen-bond donors (Lipinski definition) is 2. The van der Waals surface area contributed by atoms with E-state index in [0.717, 1.165) is 0 Å². The van der Waals surface area contributed by atoms with Crippen LogP contribution in [0.25, 0.3) is 0 Å². The zero-order valence-electron chi connectivity index (χ0n) is 11.2. The molecule has 1 saturated heterocycles. The number of allylic oxidation sites excluding steroid dienone is 1. The maximum atomic E-state index is 11.7. The Morgan fingerprint density at radius 2 is 2.05 bits per heavy atom. The van der Waals surface area contributed by atoms with Crippen LogP contribution in [-0.4, -0.2) is 29.6 Å². The summed E-state index contributed by atoms with van der Waals surface area (Å²) < 4.78 is 5.15. The summed E-state index contributed by atoms with van der Waals surface area (Å²) in [6.07, 6.45) is 3.48. The van der Waals surface area contributed by atoms with Crippen molar-refractivity contribution in [3.05, 3.63) is 12.2 Å². The number of rotatable bonds is 1. The molecule has 2 rings (SSSR count). The van der Waals surface area contributed by atoms with Gasteiger partial charge in [0, 0.05) is 0 Å². The van der Waals surface area contributed by atoms with Gasteiger partial charge in [-0.3, -0.25) is 14.9 Å². The lowest BCUT2D eigenvalue weighted by Gasteiger charge is -2.28. The quantitative estimate of drug-likeness (QED) is 0.541. The molecule has 1 fully saturated rings. The molecule has 0 aromatic carbocycles. The molecule has 1 aliphatic heterocycles. The van der Waals surface area contributed by atoms with Gasteiger partial charge in [-0.15, -0.1) is 0 Å². The van der Waals surface area contributed by atoms with E-state index in [1.54, 1.807) is 32.9 Å². The van der Waals surface area contributed by atoms with E-state index in [0.29, 0.717) is 6.42 Å². The molecule has 0 saturated carbocycles. The highest BCUT2D eigenvalue weighted by molar-refractivity contribution is 6.06. The first-order valence-corrected chi connectivity index (χ1v) is 6.29. The first-order valence-electron chi connectivity index (χ1n) is 6.29. The molecule has 2 aliphatic rings. The summed E-state index contributed by atoms with van der Waals surface area (Å²) in [5, 5.41) is 4.94. The molecule has 3 atom stereocenters. The Labute approximate surface area is 111 Å². The summed E-state index contributed by atoms with van der Waals surface area (Å²) >= 11 is 0. The van der Waals surface area contributed by atoms with Crippen molar-refractivity contribution in [2.75, 3.05) is 0 Å². The maximum Gasteiger partial charge on any atom is 0.408 e. The lowest BCUT2D eigenvalue weighted by Crippen LogP contribution is -2.46. The molecule has 0 bridgehead atoms. The van der Waals surface area contributed by atoms with Crippen molar-refractivity contribution in [1.29, 1.82) is 0 Å². The number of nitrogens with one attached hydrogen (secondary N) is 2. The summed E-state index contributed by atoms with van der Waals surface area (Å²) in [7, 11) is 0. The average Bonchev–Trinajstić information content (AvgIpc) is 2.53. The van der Waals surface area contributed by atoms with Gasteiger partial charge in [-0.25, -0.2) is 4.79 Å². The second-order valence-corrected chi connectivity index (χ2v) is 5.82. The number of hydrogen-bond acceptors (Lipinski definition) is 4. The third-order valence-electron chi connectivity index (χ3n) is 3.12. The zero-order valence-corrected chi connectivity index (χ0v) is 11.2. The van der Waals surface area contributed by atoms with Gasteiger partial charge in [-0.05, 0) is 27.2 Å². The molecule has 0 spiro atoms. The van der Waals surface area contributed by atoms with Crippen molar-refractivity contribution in [3.63, 3.8) is 0 Å². The van der Waals surface area contributed by atoms with Crippen LogP contribution in [0, 0.1) is 11.8 Å². The van der Waals surface area contributed by atoms with Gasteiger partial charge in [-0.1, -0.05) is 12.2 Å². The predicted molar refractivity (Wildman–Crippen MR) is 67.0 cm³/mol. The number of carbonyl (C=O) groups is 3. The van der Waals surface area contributed by atoms with Gasteiger partial charge in [0.1, 0.15) is 5.60 Å². The Kier molecular flexibility index (Phi) is 3.34. The number of amides is 3. The third-order valence-corrected chi connectivity index (χ3v) is 3.12. The van der Waals surface area contributed by atoms with E-state index in [1.165, 1.54) is 0 Å².